The molecule has 0 bridgehead atoms. The molecule has 0 amide bonds. The molecule has 8 heteroatoms. The van der Waals surface area contributed by atoms with Crippen LogP contribution in [0.1, 0.15) is 0 Å². The van der Waals surface area contributed by atoms with Gasteiger partial charge >= 0.3 is 0 Å². The number of aliphatic hydroxyl groups excluding tert-OH is 5. The molecule has 0 heterocycles. The van der Waals surface area contributed by atoms with E-state index >= 15 is 0 Å². The first-order valence-corrected chi connectivity index (χ1v) is 4.19. The zero-order valence-corrected chi connectivity index (χ0v) is 8.46. The molecule has 0 aliphatic rings. The van der Waals surface area contributed by atoms with Crippen LogP contribution in [0.15, 0.2) is 0 Å². The summed E-state index contributed by atoms with van der Waals surface area (Å²) in [5.74, 6) is 0. The second-order valence-electron chi connectivity index (χ2n) is 2.46. The van der Waals surface area contributed by atoms with Crippen LogP contribution in [0.3, 0.4) is 0 Å². The Balaban J connectivity index is 0. The highest BCUT2D eigenvalue weighted by atomic mass is 32.1. The van der Waals surface area contributed by atoms with Crippen LogP contribution in [0.2, 0.25) is 0 Å². The van der Waals surface area contributed by atoms with E-state index in [1.807, 2.05) is 0 Å². The molecule has 15 heavy (non-hydrogen) atoms. The number of carbonyl (C=O) groups is 1. The van der Waals surface area contributed by atoms with Crippen molar-refractivity contribution in [2.24, 2.45) is 0 Å². The number of rotatable bonds is 5. The number of aliphatic hydroxyl groups is 5. The minimum Gasteiger partial charge on any atom is -0.394 e. The van der Waals surface area contributed by atoms with Gasteiger partial charge in [-0.2, -0.15) is 0 Å². The fraction of sp³-hybridized carbons (Fsp3) is 0.714. The van der Waals surface area contributed by atoms with Gasteiger partial charge in [0.1, 0.15) is 24.4 Å². The molecule has 6 N–H and O–H groups in total. The minimum atomic E-state index is -1.79. The second kappa shape index (κ2) is 9.81. The second-order valence-corrected chi connectivity index (χ2v) is 2.66. The molecule has 0 aromatic rings. The van der Waals surface area contributed by atoms with Crippen molar-refractivity contribution in [3.63, 3.8) is 0 Å². The van der Waals surface area contributed by atoms with Gasteiger partial charge in [-0.15, -0.1) is 0 Å². The molecule has 0 aromatic carbocycles. The van der Waals surface area contributed by atoms with E-state index in [1.165, 1.54) is 0 Å². The fourth-order valence-electron chi connectivity index (χ4n) is 0.618. The van der Waals surface area contributed by atoms with Crippen LogP contribution in [0.25, 0.3) is 0 Å². The summed E-state index contributed by atoms with van der Waals surface area (Å²) >= 11 is 3.81. The largest absolute Gasteiger partial charge is 0.394 e. The van der Waals surface area contributed by atoms with E-state index in [9.17, 15) is 4.79 Å². The number of isothiocyanates is 1. The van der Waals surface area contributed by atoms with E-state index in [0.29, 0.717) is 0 Å². The third-order valence-corrected chi connectivity index (χ3v) is 1.42. The average Bonchev–Trinajstić information content (AvgIpc) is 2.25. The minimum absolute atomic E-state index is 0.0258. The number of nitrogens with one attached hydrogen (secondary N) is 1. The summed E-state index contributed by atoms with van der Waals surface area (Å²) in [7, 11) is 0. The highest BCUT2D eigenvalue weighted by Crippen LogP contribution is 2.02. The monoisotopic (exact) mass is 239 g/mol. The van der Waals surface area contributed by atoms with Gasteiger partial charge in [0.05, 0.1) is 11.8 Å². The lowest BCUT2D eigenvalue weighted by Gasteiger charge is -2.22. The lowest BCUT2D eigenvalue weighted by Crippen LogP contribution is -2.46. The van der Waals surface area contributed by atoms with Gasteiger partial charge in [-0.3, -0.25) is 0 Å². The molecule has 0 unspecified atom stereocenters. The predicted molar refractivity (Wildman–Crippen MR) is 52.5 cm³/mol. The lowest BCUT2D eigenvalue weighted by atomic mass is 10.0. The van der Waals surface area contributed by atoms with E-state index in [2.05, 4.69) is 12.2 Å². The fourth-order valence-corrected chi connectivity index (χ4v) is 0.618. The lowest BCUT2D eigenvalue weighted by molar-refractivity contribution is -0.136. The van der Waals surface area contributed by atoms with Gasteiger partial charge in [0.15, 0.2) is 6.29 Å². The van der Waals surface area contributed by atoms with Crippen LogP contribution in [-0.4, -0.2) is 68.0 Å². The summed E-state index contributed by atoms with van der Waals surface area (Å²) in [4.78, 5) is 9.90. The van der Waals surface area contributed by atoms with Crippen LogP contribution >= 0.6 is 12.2 Å². The Morgan fingerprint density at radius 2 is 1.67 bits per heavy atom. The van der Waals surface area contributed by atoms with E-state index in [1.54, 1.807) is 5.16 Å². The van der Waals surface area contributed by atoms with Crippen molar-refractivity contribution < 1.29 is 30.3 Å². The Morgan fingerprint density at radius 3 is 1.93 bits per heavy atom. The maximum atomic E-state index is 9.90. The molecule has 0 aliphatic carbocycles. The van der Waals surface area contributed by atoms with Gasteiger partial charge in [0.25, 0.3) is 0 Å². The van der Waals surface area contributed by atoms with Crippen LogP contribution in [-0.2, 0) is 4.79 Å². The third kappa shape index (κ3) is 7.23. The Labute approximate surface area is 91.1 Å². The number of thiocarbonyl (C=S) groups is 1. The van der Waals surface area contributed by atoms with Gasteiger partial charge in [-0.05, 0) is 12.2 Å². The molecular formula is C7H13NO6S. The quantitative estimate of drug-likeness (QED) is 0.174. The van der Waals surface area contributed by atoms with Crippen molar-refractivity contribution in [2.45, 2.75) is 24.4 Å². The highest BCUT2D eigenvalue weighted by molar-refractivity contribution is 7.78. The van der Waals surface area contributed by atoms with Crippen molar-refractivity contribution in [3.05, 3.63) is 0 Å². The summed E-state index contributed by atoms with van der Waals surface area (Å²) in [6.07, 6.45) is -6.84. The van der Waals surface area contributed by atoms with Gasteiger partial charge in [-0.25, -0.2) is 5.41 Å². The number of hydrogen-bond acceptors (Lipinski definition) is 8. The summed E-state index contributed by atoms with van der Waals surface area (Å²) in [6, 6.07) is 0. The highest BCUT2D eigenvalue weighted by Gasteiger charge is 2.29. The number of aldehydes is 1. The maximum Gasteiger partial charge on any atom is 0.151 e. The molecule has 7 nitrogen and oxygen atoms in total. The van der Waals surface area contributed by atoms with Crippen LogP contribution < -0.4 is 0 Å². The molecule has 0 aromatic heterocycles. The average molecular weight is 239 g/mol. The summed E-state index contributed by atoms with van der Waals surface area (Å²) in [5, 5.41) is 50.9. The van der Waals surface area contributed by atoms with Crippen molar-refractivity contribution in [2.75, 3.05) is 6.61 Å². The summed E-state index contributed by atoms with van der Waals surface area (Å²) in [5.41, 5.74) is 0. The van der Waals surface area contributed by atoms with Crippen LogP contribution in [0, 0.1) is 5.41 Å². The predicted octanol–water partition coefficient (Wildman–Crippen LogP) is -2.71. The van der Waals surface area contributed by atoms with E-state index in [-0.39, 0.29) is 6.29 Å². The van der Waals surface area contributed by atoms with Gasteiger partial charge in [0, 0.05) is 0 Å². The molecule has 0 saturated heterocycles. The standard InChI is InChI=1S/C6H12O6.CHNS/c7-1-3(9)5(11)6(12)4(10)2-8;2-1-3/h1,3-6,8-12H,2H2;2H/t3-,4+,5+,6+;/m0./s1. The Hall–Kier alpha value is -0.730. The van der Waals surface area contributed by atoms with Crippen molar-refractivity contribution in [3.8, 4) is 0 Å². The van der Waals surface area contributed by atoms with Gasteiger partial charge < -0.3 is 30.3 Å². The van der Waals surface area contributed by atoms with Crippen molar-refractivity contribution in [1.29, 1.82) is 5.41 Å². The van der Waals surface area contributed by atoms with E-state index in [0.717, 1.165) is 0 Å². The first-order valence-electron chi connectivity index (χ1n) is 3.78. The molecule has 0 spiro atoms. The molecule has 0 saturated carbocycles. The van der Waals surface area contributed by atoms with Crippen LogP contribution in [0.5, 0.6) is 0 Å². The first-order chi connectivity index (χ1) is 6.95. The molecule has 0 rings (SSSR count). The first kappa shape index (κ1) is 16.7. The number of hydrogen-bond donors (Lipinski definition) is 6. The molecule has 88 valence electrons. The Bertz CT molecular complexity index is 208. The smallest absolute Gasteiger partial charge is 0.151 e. The molecule has 4 atom stereocenters. The topological polar surface area (TPSA) is 142 Å². The van der Waals surface area contributed by atoms with Crippen molar-refractivity contribution >= 4 is 23.7 Å². The molecule has 0 radical (unpaired) electrons. The zero-order valence-electron chi connectivity index (χ0n) is 7.65. The summed E-state index contributed by atoms with van der Waals surface area (Å²) < 4.78 is 0. The van der Waals surface area contributed by atoms with Crippen LogP contribution in [0.4, 0.5) is 0 Å². The van der Waals surface area contributed by atoms with Gasteiger partial charge in [-0.1, -0.05) is 0 Å². The molecule has 0 fully saturated rings. The zero-order chi connectivity index (χ0) is 12.4. The Morgan fingerprint density at radius 1 is 1.27 bits per heavy atom. The Kier molecular flexibility index (Phi) is 10.9. The van der Waals surface area contributed by atoms with E-state index < -0.39 is 31.0 Å². The number of carbonyl (C=O) groups excluding carboxylic acids is 1. The van der Waals surface area contributed by atoms with Crippen molar-refractivity contribution in [1.82, 2.24) is 0 Å². The normalized spacial score (nSPS) is 17.4. The van der Waals surface area contributed by atoms with Gasteiger partial charge in [0.2, 0.25) is 0 Å². The SMILES string of the molecule is N=C=S.O=C[C@H](O)[C@@H](O)[C@H](O)[C@H](O)CO. The maximum absolute atomic E-state index is 9.90. The molecule has 0 aliphatic heterocycles. The summed E-state index contributed by atoms with van der Waals surface area (Å²) in [6.45, 7) is -0.760. The third-order valence-electron chi connectivity index (χ3n) is 1.42. The van der Waals surface area contributed by atoms with E-state index in [4.69, 9.17) is 30.9 Å². The molecular weight excluding hydrogens is 226 g/mol.